The Morgan fingerprint density at radius 3 is 1.79 bits per heavy atom. The topological polar surface area (TPSA) is 0 Å². The average molecular weight is 681 g/mol. The van der Waals surface area contributed by atoms with E-state index in [1.807, 2.05) is 11.3 Å². The molecule has 9 aromatic rings. The summed E-state index contributed by atoms with van der Waals surface area (Å²) in [6.07, 6.45) is 6.94. The Bertz CT molecular complexity index is 2940. The summed E-state index contributed by atoms with van der Waals surface area (Å²) < 4.78 is 2.67. The molecule has 1 aliphatic carbocycles. The van der Waals surface area contributed by atoms with Crippen LogP contribution in [0.4, 0.5) is 0 Å². The van der Waals surface area contributed by atoms with E-state index in [4.69, 9.17) is 0 Å². The normalized spacial score (nSPS) is 17.2. The van der Waals surface area contributed by atoms with E-state index < -0.39 is 0 Å². The lowest BCUT2D eigenvalue weighted by molar-refractivity contribution is 0.994. The van der Waals surface area contributed by atoms with Crippen LogP contribution in [0.25, 0.3) is 80.3 Å². The predicted molar refractivity (Wildman–Crippen MR) is 228 cm³/mol. The van der Waals surface area contributed by atoms with Gasteiger partial charge in [0.1, 0.15) is 0 Å². The van der Waals surface area contributed by atoms with E-state index in [0.717, 1.165) is 12.8 Å². The zero-order chi connectivity index (χ0) is 34.6. The first-order valence-corrected chi connectivity index (χ1v) is 19.0. The van der Waals surface area contributed by atoms with Gasteiger partial charge in [-0.15, -0.1) is 11.3 Å². The van der Waals surface area contributed by atoms with E-state index >= 15 is 0 Å². The van der Waals surface area contributed by atoms with Crippen molar-refractivity contribution in [2.24, 2.45) is 0 Å². The maximum atomic E-state index is 2.47. The predicted octanol–water partition coefficient (Wildman–Crippen LogP) is 14.9. The van der Waals surface area contributed by atoms with Crippen LogP contribution >= 0.6 is 11.3 Å². The molecule has 8 aromatic carbocycles. The summed E-state index contributed by atoms with van der Waals surface area (Å²) in [7, 11) is 0. The van der Waals surface area contributed by atoms with Crippen molar-refractivity contribution in [3.8, 4) is 11.1 Å². The van der Waals surface area contributed by atoms with Crippen LogP contribution in [0.5, 0.6) is 0 Å². The van der Waals surface area contributed by atoms with Crippen molar-refractivity contribution in [2.75, 3.05) is 0 Å². The molecule has 0 unspecified atom stereocenters. The second-order valence-corrected chi connectivity index (χ2v) is 15.1. The highest BCUT2D eigenvalue weighted by Crippen LogP contribution is 2.44. The van der Waals surface area contributed by atoms with Gasteiger partial charge in [-0.1, -0.05) is 157 Å². The molecule has 1 heterocycles. The summed E-state index contributed by atoms with van der Waals surface area (Å²) >= 11 is 1.88. The van der Waals surface area contributed by atoms with E-state index in [-0.39, 0.29) is 0 Å². The second-order valence-electron chi connectivity index (χ2n) is 14.0. The monoisotopic (exact) mass is 680 g/mol. The Balaban J connectivity index is 1.24. The van der Waals surface area contributed by atoms with Gasteiger partial charge in [0, 0.05) is 20.2 Å². The van der Waals surface area contributed by atoms with Gasteiger partial charge in [0.15, 0.2) is 0 Å². The molecule has 52 heavy (non-hydrogen) atoms. The highest BCUT2D eigenvalue weighted by molar-refractivity contribution is 7.25. The van der Waals surface area contributed by atoms with E-state index in [0.29, 0.717) is 0 Å². The van der Waals surface area contributed by atoms with E-state index in [2.05, 4.69) is 183 Å². The van der Waals surface area contributed by atoms with Crippen LogP contribution in [0.3, 0.4) is 0 Å². The molecule has 246 valence electrons. The molecule has 0 amide bonds. The maximum absolute atomic E-state index is 2.47. The molecule has 10 rings (SSSR count). The Morgan fingerprint density at radius 1 is 0.404 bits per heavy atom. The van der Waals surface area contributed by atoms with Gasteiger partial charge in [0.05, 0.1) is 0 Å². The molecule has 0 bridgehead atoms. The summed E-state index contributed by atoms with van der Waals surface area (Å²) in [4.78, 5) is 0. The highest BCUT2D eigenvalue weighted by atomic mass is 32.1. The van der Waals surface area contributed by atoms with Crippen LogP contribution < -0.4 is 0 Å². The second kappa shape index (κ2) is 12.6. The van der Waals surface area contributed by atoms with Crippen LogP contribution in [0.2, 0.25) is 0 Å². The molecule has 0 N–H and O–H groups in total. The Hall–Kier alpha value is -6.02. The molecule has 0 aliphatic heterocycles. The fraction of sp³-hybridized carbons (Fsp3) is 0.0588. The Morgan fingerprint density at radius 2 is 1.00 bits per heavy atom. The molecule has 1 aliphatic rings. The number of hydrogen-bond acceptors (Lipinski definition) is 1. The third kappa shape index (κ3) is 5.20. The minimum absolute atomic E-state index is 0.992. The maximum Gasteiger partial charge on any atom is 0.0361 e. The van der Waals surface area contributed by atoms with Gasteiger partial charge < -0.3 is 0 Å². The Kier molecular flexibility index (Phi) is 7.48. The lowest BCUT2D eigenvalue weighted by Gasteiger charge is -2.20. The van der Waals surface area contributed by atoms with Crippen molar-refractivity contribution < 1.29 is 0 Å². The number of allylic oxidation sites excluding steroid dienone is 6. The number of hydrogen-bond donors (Lipinski definition) is 0. The molecule has 0 nitrogen and oxygen atoms in total. The van der Waals surface area contributed by atoms with E-state index in [1.165, 1.54) is 103 Å². The van der Waals surface area contributed by atoms with Gasteiger partial charge in [0.2, 0.25) is 0 Å². The van der Waals surface area contributed by atoms with Gasteiger partial charge in [-0.25, -0.2) is 0 Å². The van der Waals surface area contributed by atoms with Crippen LogP contribution in [0.1, 0.15) is 36.5 Å². The van der Waals surface area contributed by atoms with Crippen molar-refractivity contribution in [2.45, 2.75) is 19.8 Å². The first-order chi connectivity index (χ1) is 25.7. The standard InChI is InChI=1S/C51H36S/c1-33-23-24-36(34-13-4-2-5-14-34)29-39(31-47(33)35-15-6-3-7-16-35)40-20-12-21-45-41-17-8-9-18-42(41)48-30-37(26-28-46(48)51(40)45)38-25-27-44-43-19-10-11-22-49(43)52-50(44)32-38/h2-22,25-32H,23-24H2,1H3/b36-29+,39-31+,47-33-. The zero-order valence-corrected chi connectivity index (χ0v) is 29.9. The average Bonchev–Trinajstić information content (AvgIpc) is 3.58. The molecule has 0 radical (unpaired) electrons. The molecule has 1 heteroatoms. The van der Waals surface area contributed by atoms with Crippen molar-refractivity contribution in [1.29, 1.82) is 0 Å². The van der Waals surface area contributed by atoms with Crippen LogP contribution in [0, 0.1) is 0 Å². The lowest BCUT2D eigenvalue weighted by atomic mass is 9.84. The van der Waals surface area contributed by atoms with Crippen molar-refractivity contribution in [3.05, 3.63) is 198 Å². The minimum Gasteiger partial charge on any atom is -0.135 e. The summed E-state index contributed by atoms with van der Waals surface area (Å²) in [6, 6.07) is 60.6. The molecule has 0 atom stereocenters. The number of rotatable bonds is 4. The molecule has 1 aromatic heterocycles. The summed E-state index contributed by atoms with van der Waals surface area (Å²) in [5.41, 5.74) is 11.7. The SMILES string of the molecule is C\C1=C(c2ccccc2)/C=C(c2cccc3c4ccccc4c4cc(-c5ccc6c(c5)sc5ccccc56)ccc4c23)\C=C(\c2ccccc2)CC1. The molecule has 0 saturated carbocycles. The van der Waals surface area contributed by atoms with E-state index in [1.54, 1.807) is 0 Å². The number of thiophene rings is 1. The highest BCUT2D eigenvalue weighted by Gasteiger charge is 2.18. The summed E-state index contributed by atoms with van der Waals surface area (Å²) in [5.74, 6) is 0. The van der Waals surface area contributed by atoms with Crippen LogP contribution in [-0.2, 0) is 0 Å². The van der Waals surface area contributed by atoms with Gasteiger partial charge in [-0.3, -0.25) is 0 Å². The third-order valence-corrected chi connectivity index (χ3v) is 12.1. The zero-order valence-electron chi connectivity index (χ0n) is 29.1. The molecular weight excluding hydrogens is 645 g/mol. The number of fused-ring (bicyclic) bond motifs is 9. The van der Waals surface area contributed by atoms with E-state index in [9.17, 15) is 0 Å². The molecule has 0 fully saturated rings. The Labute approximate surface area is 308 Å². The fourth-order valence-electron chi connectivity index (χ4n) is 8.35. The molecule has 0 saturated heterocycles. The smallest absolute Gasteiger partial charge is 0.0361 e. The van der Waals surface area contributed by atoms with Crippen molar-refractivity contribution >= 4 is 80.5 Å². The van der Waals surface area contributed by atoms with Crippen LogP contribution in [0.15, 0.2) is 182 Å². The fourth-order valence-corrected chi connectivity index (χ4v) is 9.50. The summed E-state index contributed by atoms with van der Waals surface area (Å²) in [5, 5.41) is 10.4. The minimum atomic E-state index is 0.992. The van der Waals surface area contributed by atoms with Crippen LogP contribution in [-0.4, -0.2) is 0 Å². The molecular formula is C51H36S. The first kappa shape index (κ1) is 30.8. The first-order valence-electron chi connectivity index (χ1n) is 18.2. The van der Waals surface area contributed by atoms with Gasteiger partial charge in [-0.2, -0.15) is 0 Å². The largest absolute Gasteiger partial charge is 0.135 e. The van der Waals surface area contributed by atoms with Crippen molar-refractivity contribution in [1.82, 2.24) is 0 Å². The van der Waals surface area contributed by atoms with Gasteiger partial charge >= 0.3 is 0 Å². The number of benzene rings is 8. The quantitative estimate of drug-likeness (QED) is 0.162. The van der Waals surface area contributed by atoms with Gasteiger partial charge in [-0.05, 0) is 121 Å². The molecule has 0 spiro atoms. The summed E-state index contributed by atoms with van der Waals surface area (Å²) in [6.45, 7) is 2.31. The lowest BCUT2D eigenvalue weighted by Crippen LogP contribution is -1.97. The van der Waals surface area contributed by atoms with Crippen molar-refractivity contribution in [3.63, 3.8) is 0 Å². The van der Waals surface area contributed by atoms with Gasteiger partial charge in [0.25, 0.3) is 0 Å². The third-order valence-electron chi connectivity index (χ3n) is 11.0.